The highest BCUT2D eigenvalue weighted by Gasteiger charge is 2.28. The highest BCUT2D eigenvalue weighted by atomic mass is 32.2. The van der Waals surface area contributed by atoms with Crippen LogP contribution in [0.1, 0.15) is 88.5 Å². The van der Waals surface area contributed by atoms with E-state index in [1.54, 1.807) is 18.7 Å². The van der Waals surface area contributed by atoms with Crippen molar-refractivity contribution in [3.8, 4) is 6.07 Å². The molecule has 0 aliphatic carbocycles. The Hall–Kier alpha value is -1.49. The Morgan fingerprint density at radius 3 is 1.97 bits per heavy atom. The van der Waals surface area contributed by atoms with Crippen molar-refractivity contribution in [2.45, 2.75) is 110 Å². The second-order valence-corrected chi connectivity index (χ2v) is 12.0. The third-order valence-electron chi connectivity index (χ3n) is 3.74. The first-order valence-electron chi connectivity index (χ1n) is 10.6. The summed E-state index contributed by atoms with van der Waals surface area (Å²) in [5.41, 5.74) is -1.60. The minimum atomic E-state index is -1.02. The van der Waals surface area contributed by atoms with Crippen LogP contribution < -0.4 is 0 Å². The Bertz CT molecular complexity index is 643. The van der Waals surface area contributed by atoms with Crippen LogP contribution in [0.15, 0.2) is 20.5 Å². The summed E-state index contributed by atoms with van der Waals surface area (Å²) >= 11 is 1.65. The van der Waals surface area contributed by atoms with Crippen LogP contribution in [0.2, 0.25) is 0 Å². The zero-order valence-corrected chi connectivity index (χ0v) is 21.4. The van der Waals surface area contributed by atoms with Crippen molar-refractivity contribution in [3.05, 3.63) is 0 Å². The molecule has 0 amide bonds. The van der Waals surface area contributed by atoms with Crippen molar-refractivity contribution in [2.75, 3.05) is 12.4 Å². The Balaban J connectivity index is 4.62. The fourth-order valence-electron chi connectivity index (χ4n) is 2.37. The van der Waals surface area contributed by atoms with E-state index in [2.05, 4.69) is 47.3 Å². The molecule has 0 spiro atoms. The third-order valence-corrected chi connectivity index (χ3v) is 4.98. The molecule has 2 atom stereocenters. The van der Waals surface area contributed by atoms with Crippen molar-refractivity contribution >= 4 is 17.7 Å². The van der Waals surface area contributed by atoms with Crippen LogP contribution in [0.25, 0.3) is 0 Å². The maximum Gasteiger partial charge on any atom is 0.305 e. The number of thioether (sulfide) groups is 1. The van der Waals surface area contributed by atoms with Gasteiger partial charge in [-0.05, 0) is 74.1 Å². The van der Waals surface area contributed by atoms with Crippen LogP contribution in [0, 0.1) is 17.2 Å². The van der Waals surface area contributed by atoms with Gasteiger partial charge in [-0.25, -0.2) is 0 Å². The summed E-state index contributed by atoms with van der Waals surface area (Å²) in [6.45, 7) is 20.2. The molecule has 0 N–H and O–H groups in total. The van der Waals surface area contributed by atoms with Gasteiger partial charge in [-0.3, -0.25) is 4.79 Å². The van der Waals surface area contributed by atoms with Crippen molar-refractivity contribution in [3.63, 3.8) is 0 Å². The van der Waals surface area contributed by atoms with E-state index in [1.807, 2.05) is 41.5 Å². The lowest BCUT2D eigenvalue weighted by molar-refractivity contribution is -0.143. The Kier molecular flexibility index (Phi) is 11.2. The Labute approximate surface area is 187 Å². The van der Waals surface area contributed by atoms with Crippen LogP contribution in [0.5, 0.6) is 0 Å². The van der Waals surface area contributed by atoms with Crippen molar-refractivity contribution in [1.29, 1.82) is 5.26 Å². The fraction of sp³-hybridized carbons (Fsp3) is 0.909. The first-order chi connectivity index (χ1) is 13.5. The van der Waals surface area contributed by atoms with Crippen LogP contribution in [-0.4, -0.2) is 39.8 Å². The molecular weight excluding hydrogens is 398 g/mol. The molecule has 0 saturated carbocycles. The summed E-state index contributed by atoms with van der Waals surface area (Å²) in [6.07, 6.45) is 1.30. The number of nitrogens with zero attached hydrogens (tertiary/aromatic N) is 5. The smallest absolute Gasteiger partial charge is 0.305 e. The summed E-state index contributed by atoms with van der Waals surface area (Å²) in [4.78, 5) is 11.8. The average molecular weight is 440 g/mol. The number of ether oxygens (including phenoxy) is 1. The van der Waals surface area contributed by atoms with Gasteiger partial charge < -0.3 is 4.74 Å². The van der Waals surface area contributed by atoms with Gasteiger partial charge in [0, 0.05) is 12.2 Å². The fourth-order valence-corrected chi connectivity index (χ4v) is 3.52. The molecule has 0 heterocycles. The van der Waals surface area contributed by atoms with Gasteiger partial charge in [0.15, 0.2) is 5.54 Å². The predicted molar refractivity (Wildman–Crippen MR) is 124 cm³/mol. The van der Waals surface area contributed by atoms with Crippen LogP contribution in [-0.2, 0) is 9.53 Å². The summed E-state index contributed by atoms with van der Waals surface area (Å²) in [5.74, 6) is 0.789. The minimum Gasteiger partial charge on any atom is -0.465 e. The highest BCUT2D eigenvalue weighted by Crippen LogP contribution is 2.34. The molecule has 2 unspecified atom stereocenters. The Morgan fingerprint density at radius 1 is 0.967 bits per heavy atom. The summed E-state index contributed by atoms with van der Waals surface area (Å²) < 4.78 is 5.36. The molecule has 0 aromatic carbocycles. The largest absolute Gasteiger partial charge is 0.465 e. The van der Waals surface area contributed by atoms with Crippen LogP contribution in [0.4, 0.5) is 0 Å². The van der Waals surface area contributed by atoms with Gasteiger partial charge in [0.2, 0.25) is 0 Å². The number of esters is 1. The molecular formula is C22H41N5O2S. The van der Waals surface area contributed by atoms with Gasteiger partial charge in [-0.2, -0.15) is 25.7 Å². The Morgan fingerprint density at radius 2 is 1.50 bits per heavy atom. The second-order valence-electron chi connectivity index (χ2n) is 10.5. The molecule has 0 rings (SSSR count). The molecule has 0 bridgehead atoms. The van der Waals surface area contributed by atoms with Crippen molar-refractivity contribution in [2.24, 2.45) is 26.4 Å². The van der Waals surface area contributed by atoms with Crippen LogP contribution >= 0.6 is 11.8 Å². The number of hydrogen-bond donors (Lipinski definition) is 0. The van der Waals surface area contributed by atoms with Gasteiger partial charge in [0.1, 0.15) is 11.5 Å². The van der Waals surface area contributed by atoms with E-state index in [0.717, 1.165) is 6.42 Å². The highest BCUT2D eigenvalue weighted by molar-refractivity contribution is 8.00. The van der Waals surface area contributed by atoms with E-state index < -0.39 is 5.54 Å². The van der Waals surface area contributed by atoms with E-state index in [-0.39, 0.29) is 34.8 Å². The van der Waals surface area contributed by atoms with E-state index in [9.17, 15) is 10.1 Å². The first-order valence-corrected chi connectivity index (χ1v) is 11.6. The lowest BCUT2D eigenvalue weighted by Gasteiger charge is -2.26. The molecule has 0 aliphatic rings. The first kappa shape index (κ1) is 28.5. The molecule has 30 heavy (non-hydrogen) atoms. The van der Waals surface area contributed by atoms with Crippen molar-refractivity contribution < 1.29 is 9.53 Å². The van der Waals surface area contributed by atoms with Gasteiger partial charge in [0.25, 0.3) is 0 Å². The van der Waals surface area contributed by atoms with E-state index >= 15 is 0 Å². The number of rotatable bonds is 11. The topological polar surface area (TPSA) is 99.5 Å². The predicted octanol–water partition coefficient (Wildman–Crippen LogP) is 6.59. The molecule has 0 aliphatic heterocycles. The number of hydrogen-bond acceptors (Lipinski definition) is 8. The minimum absolute atomic E-state index is 0.130. The number of carbonyl (C=O) groups is 1. The zero-order chi connectivity index (χ0) is 23.6. The molecule has 0 aromatic rings. The van der Waals surface area contributed by atoms with Crippen LogP contribution in [0.3, 0.4) is 0 Å². The van der Waals surface area contributed by atoms with Gasteiger partial charge in [-0.15, -0.1) is 11.8 Å². The number of nitriles is 1. The van der Waals surface area contributed by atoms with Gasteiger partial charge in [0.05, 0.1) is 17.1 Å². The lowest BCUT2D eigenvalue weighted by Crippen LogP contribution is -2.24. The summed E-state index contributed by atoms with van der Waals surface area (Å²) in [7, 11) is 0. The lowest BCUT2D eigenvalue weighted by atomic mass is 9.99. The molecule has 0 fully saturated rings. The summed E-state index contributed by atoms with van der Waals surface area (Å²) in [6, 6.07) is 2.14. The van der Waals surface area contributed by atoms with E-state index in [1.165, 1.54) is 0 Å². The zero-order valence-electron chi connectivity index (χ0n) is 20.6. The van der Waals surface area contributed by atoms with Crippen molar-refractivity contribution in [1.82, 2.24) is 0 Å². The molecule has 172 valence electrons. The maximum absolute atomic E-state index is 12.1. The van der Waals surface area contributed by atoms with Gasteiger partial charge in [-0.1, -0.05) is 13.8 Å². The molecule has 0 radical (unpaired) electrons. The normalized spacial score (nSPS) is 17.1. The quantitative estimate of drug-likeness (QED) is 0.206. The maximum atomic E-state index is 12.1. The molecule has 0 aromatic heterocycles. The second kappa shape index (κ2) is 11.8. The van der Waals surface area contributed by atoms with E-state index in [0.29, 0.717) is 18.3 Å². The molecule has 8 heteroatoms. The van der Waals surface area contributed by atoms with Gasteiger partial charge >= 0.3 is 5.97 Å². The summed E-state index contributed by atoms with van der Waals surface area (Å²) in [5, 5.41) is 26.7. The molecule has 7 nitrogen and oxygen atoms in total. The average Bonchev–Trinajstić information content (AvgIpc) is 2.59. The monoisotopic (exact) mass is 439 g/mol. The van der Waals surface area contributed by atoms with E-state index in [4.69, 9.17) is 4.74 Å². The SMILES string of the molecule is CC(C)CC(C)(/N=N/C(C)(C)C)SCCOC(=O)CCC(C)(C#N)/N=N/C(C)(C)C. The standard InChI is InChI=1S/C22H41N5O2S/c1-17(2)15-22(10,27-25-20(6,7)8)30-14-13-29-18(28)11-12-21(9,16-23)26-24-19(3,4)5/h17H,11-15H2,1-10H3/b26-24+,27-25+. The number of carbonyl (C=O) groups excluding carboxylic acids is 1. The number of azo groups is 2. The molecule has 0 saturated heterocycles. The third kappa shape index (κ3) is 14.5.